The third kappa shape index (κ3) is 4.29. The molecule has 5 nitrogen and oxygen atoms in total. The van der Waals surface area contributed by atoms with Crippen LogP contribution in [0, 0.1) is 11.6 Å². The van der Waals surface area contributed by atoms with Crippen molar-refractivity contribution < 1.29 is 26.7 Å². The van der Waals surface area contributed by atoms with Crippen LogP contribution in [0.25, 0.3) is 0 Å². The number of sulfonamides is 1. The molecule has 24 heavy (non-hydrogen) atoms. The van der Waals surface area contributed by atoms with Crippen LogP contribution in [0.5, 0.6) is 0 Å². The summed E-state index contributed by atoms with van der Waals surface area (Å²) in [7, 11) is -4.08. The number of ether oxygens (including phenoxy) is 1. The van der Waals surface area contributed by atoms with Crippen molar-refractivity contribution >= 4 is 21.7 Å². The molecule has 0 aliphatic heterocycles. The monoisotopic (exact) mass is 355 g/mol. The molecule has 0 heterocycles. The molecule has 2 aromatic carbocycles. The topological polar surface area (TPSA) is 72.5 Å². The zero-order valence-corrected chi connectivity index (χ0v) is 13.7. The predicted octanol–water partition coefficient (Wildman–Crippen LogP) is 3.33. The van der Waals surface area contributed by atoms with Crippen LogP contribution in [0.2, 0.25) is 0 Å². The Morgan fingerprint density at radius 1 is 1.04 bits per heavy atom. The van der Waals surface area contributed by atoms with Crippen LogP contribution in [0.1, 0.15) is 24.2 Å². The van der Waals surface area contributed by atoms with Gasteiger partial charge in [0.2, 0.25) is 0 Å². The van der Waals surface area contributed by atoms with Crippen molar-refractivity contribution in [3.05, 3.63) is 59.7 Å². The minimum absolute atomic E-state index is 0.167. The third-order valence-corrected chi connectivity index (χ3v) is 4.30. The van der Waals surface area contributed by atoms with E-state index < -0.39 is 32.5 Å². The Bertz CT molecular complexity index is 849. The first-order valence-corrected chi connectivity index (χ1v) is 8.46. The van der Waals surface area contributed by atoms with E-state index in [1.54, 1.807) is 13.8 Å². The second-order valence-corrected chi connectivity index (χ2v) is 6.90. The zero-order chi connectivity index (χ0) is 17.9. The molecule has 0 aliphatic rings. The van der Waals surface area contributed by atoms with Crippen molar-refractivity contribution in [2.24, 2.45) is 0 Å². The van der Waals surface area contributed by atoms with Gasteiger partial charge >= 0.3 is 5.97 Å². The van der Waals surface area contributed by atoms with E-state index in [9.17, 15) is 22.0 Å². The predicted molar refractivity (Wildman–Crippen MR) is 84.2 cm³/mol. The Labute approximate surface area is 138 Å². The molecule has 2 aromatic rings. The van der Waals surface area contributed by atoms with Gasteiger partial charge < -0.3 is 4.74 Å². The maximum atomic E-state index is 13.2. The van der Waals surface area contributed by atoms with Gasteiger partial charge in [0.25, 0.3) is 10.0 Å². The highest BCUT2D eigenvalue weighted by Crippen LogP contribution is 2.19. The fourth-order valence-corrected chi connectivity index (χ4v) is 2.88. The smallest absolute Gasteiger partial charge is 0.338 e. The van der Waals surface area contributed by atoms with Crippen molar-refractivity contribution in [1.29, 1.82) is 0 Å². The van der Waals surface area contributed by atoms with Gasteiger partial charge in [0, 0.05) is 5.69 Å². The highest BCUT2D eigenvalue weighted by Gasteiger charge is 2.17. The molecule has 0 aliphatic carbocycles. The normalized spacial score (nSPS) is 11.4. The standard InChI is InChI=1S/C16H15F2NO4S/c1-10(2)23-16(20)11-3-5-12(6-4-11)19-24(21,22)13-7-8-14(17)15(18)9-13/h3-10,19H,1-2H3. The van der Waals surface area contributed by atoms with Crippen LogP contribution >= 0.6 is 0 Å². The molecule has 0 aromatic heterocycles. The maximum absolute atomic E-state index is 13.2. The molecule has 0 saturated carbocycles. The van der Waals surface area contributed by atoms with Gasteiger partial charge in [-0.2, -0.15) is 0 Å². The van der Waals surface area contributed by atoms with Gasteiger partial charge in [0.15, 0.2) is 11.6 Å². The summed E-state index contributed by atoms with van der Waals surface area (Å²) >= 11 is 0. The molecule has 2 rings (SSSR count). The van der Waals surface area contributed by atoms with Crippen molar-refractivity contribution in [3.8, 4) is 0 Å². The van der Waals surface area contributed by atoms with Gasteiger partial charge in [-0.3, -0.25) is 4.72 Å². The summed E-state index contributed by atoms with van der Waals surface area (Å²) in [4.78, 5) is 11.3. The minimum Gasteiger partial charge on any atom is -0.459 e. The first-order valence-electron chi connectivity index (χ1n) is 6.98. The number of nitrogens with one attached hydrogen (secondary N) is 1. The molecule has 128 valence electrons. The van der Waals surface area contributed by atoms with Crippen LogP contribution in [0.4, 0.5) is 14.5 Å². The number of anilines is 1. The third-order valence-electron chi connectivity index (χ3n) is 2.92. The lowest BCUT2D eigenvalue weighted by Crippen LogP contribution is -2.14. The van der Waals surface area contributed by atoms with Crippen LogP contribution < -0.4 is 4.72 Å². The van der Waals surface area contributed by atoms with E-state index in [1.165, 1.54) is 24.3 Å². The van der Waals surface area contributed by atoms with E-state index >= 15 is 0 Å². The summed E-state index contributed by atoms with van der Waals surface area (Å²) in [6.45, 7) is 3.42. The summed E-state index contributed by atoms with van der Waals surface area (Å²) < 4.78 is 57.6. The van der Waals surface area contributed by atoms with Crippen molar-refractivity contribution in [2.75, 3.05) is 4.72 Å². The van der Waals surface area contributed by atoms with Gasteiger partial charge in [-0.1, -0.05) is 0 Å². The molecule has 0 saturated heterocycles. The van der Waals surface area contributed by atoms with Crippen molar-refractivity contribution in [3.63, 3.8) is 0 Å². The Kier molecular flexibility index (Phi) is 5.18. The zero-order valence-electron chi connectivity index (χ0n) is 12.9. The van der Waals surface area contributed by atoms with Gasteiger partial charge in [-0.15, -0.1) is 0 Å². The van der Waals surface area contributed by atoms with Crippen LogP contribution in [0.15, 0.2) is 47.4 Å². The molecular formula is C16H15F2NO4S. The van der Waals surface area contributed by atoms with Gasteiger partial charge in [0.1, 0.15) is 0 Å². The fourth-order valence-electron chi connectivity index (χ4n) is 1.81. The molecule has 0 amide bonds. The van der Waals surface area contributed by atoms with E-state index in [2.05, 4.69) is 4.72 Å². The molecule has 0 unspecified atom stereocenters. The average molecular weight is 355 g/mol. The molecule has 0 atom stereocenters. The summed E-state index contributed by atoms with van der Waals surface area (Å²) in [5.41, 5.74) is 0.431. The maximum Gasteiger partial charge on any atom is 0.338 e. The number of carbonyl (C=O) groups is 1. The van der Waals surface area contributed by atoms with Crippen LogP contribution in [-0.2, 0) is 14.8 Å². The average Bonchev–Trinajstić information content (AvgIpc) is 2.49. The van der Waals surface area contributed by atoms with Gasteiger partial charge in [-0.25, -0.2) is 22.0 Å². The van der Waals surface area contributed by atoms with E-state index in [4.69, 9.17) is 4.74 Å². The summed E-state index contributed by atoms with van der Waals surface area (Å²) in [6, 6.07) is 7.81. The molecule has 0 spiro atoms. The Hall–Kier alpha value is -2.48. The summed E-state index contributed by atoms with van der Waals surface area (Å²) in [5.74, 6) is -2.92. The number of esters is 1. The molecule has 0 bridgehead atoms. The fraction of sp³-hybridized carbons (Fsp3) is 0.188. The molecule has 8 heteroatoms. The first kappa shape index (κ1) is 17.9. The molecule has 0 radical (unpaired) electrons. The summed E-state index contributed by atoms with van der Waals surface area (Å²) in [5, 5.41) is 0. The van der Waals surface area contributed by atoms with Gasteiger partial charge in [-0.05, 0) is 56.3 Å². The van der Waals surface area contributed by atoms with E-state index in [-0.39, 0.29) is 17.4 Å². The van der Waals surface area contributed by atoms with Crippen molar-refractivity contribution in [1.82, 2.24) is 0 Å². The number of carbonyl (C=O) groups excluding carboxylic acids is 1. The Balaban J connectivity index is 2.18. The van der Waals surface area contributed by atoms with Crippen LogP contribution in [0.3, 0.4) is 0 Å². The number of benzene rings is 2. The number of hydrogen-bond acceptors (Lipinski definition) is 4. The van der Waals surface area contributed by atoms with Crippen LogP contribution in [-0.4, -0.2) is 20.5 Å². The highest BCUT2D eigenvalue weighted by atomic mass is 32.2. The lowest BCUT2D eigenvalue weighted by Gasteiger charge is -2.10. The lowest BCUT2D eigenvalue weighted by atomic mass is 10.2. The molecular weight excluding hydrogens is 340 g/mol. The lowest BCUT2D eigenvalue weighted by molar-refractivity contribution is 0.0378. The van der Waals surface area contributed by atoms with Crippen molar-refractivity contribution in [2.45, 2.75) is 24.8 Å². The SMILES string of the molecule is CC(C)OC(=O)c1ccc(NS(=O)(=O)c2ccc(F)c(F)c2)cc1. The molecule has 1 N–H and O–H groups in total. The second kappa shape index (κ2) is 6.96. The largest absolute Gasteiger partial charge is 0.459 e. The van der Waals surface area contributed by atoms with Gasteiger partial charge in [0.05, 0.1) is 16.6 Å². The number of halogens is 2. The Morgan fingerprint density at radius 3 is 2.21 bits per heavy atom. The highest BCUT2D eigenvalue weighted by molar-refractivity contribution is 7.92. The quantitative estimate of drug-likeness (QED) is 0.835. The summed E-state index contributed by atoms with van der Waals surface area (Å²) in [6.07, 6.45) is -0.274. The minimum atomic E-state index is -4.08. The second-order valence-electron chi connectivity index (χ2n) is 5.21. The Morgan fingerprint density at radius 2 is 1.67 bits per heavy atom. The van der Waals surface area contributed by atoms with E-state index in [1.807, 2.05) is 0 Å². The number of rotatable bonds is 5. The van der Waals surface area contributed by atoms with E-state index in [0.29, 0.717) is 6.07 Å². The van der Waals surface area contributed by atoms with E-state index in [0.717, 1.165) is 12.1 Å². The molecule has 0 fully saturated rings. The number of hydrogen-bond donors (Lipinski definition) is 1. The first-order chi connectivity index (χ1) is 11.2.